The molecule has 0 bridgehead atoms. The number of hydrogen-bond donors (Lipinski definition) is 0. The molecule has 0 atom stereocenters. The molecule has 2 heterocycles. The third-order valence-corrected chi connectivity index (χ3v) is 3.57. The van der Waals surface area contributed by atoms with Gasteiger partial charge in [-0.15, -0.1) is 0 Å². The van der Waals surface area contributed by atoms with Crippen LogP contribution in [0.3, 0.4) is 0 Å². The summed E-state index contributed by atoms with van der Waals surface area (Å²) in [4.78, 5) is 6.57. The van der Waals surface area contributed by atoms with E-state index in [2.05, 4.69) is 9.88 Å². The fourth-order valence-corrected chi connectivity index (χ4v) is 2.41. The van der Waals surface area contributed by atoms with E-state index in [1.54, 1.807) is 12.3 Å². The van der Waals surface area contributed by atoms with Gasteiger partial charge in [-0.05, 0) is 35.4 Å². The molecule has 0 aliphatic carbocycles. The first kappa shape index (κ1) is 13.8. The lowest BCUT2D eigenvalue weighted by atomic mass is 10.1. The second kappa shape index (κ2) is 6.10. The van der Waals surface area contributed by atoms with E-state index in [0.717, 1.165) is 30.0 Å². The summed E-state index contributed by atoms with van der Waals surface area (Å²) in [5, 5.41) is 0. The van der Waals surface area contributed by atoms with E-state index in [1.165, 1.54) is 13.2 Å². The molecule has 0 N–H and O–H groups in total. The van der Waals surface area contributed by atoms with Crippen molar-refractivity contribution in [3.05, 3.63) is 42.3 Å². The van der Waals surface area contributed by atoms with Gasteiger partial charge in [-0.3, -0.25) is 0 Å². The number of rotatable bonds is 3. The fraction of sp³-hybridized carbons (Fsp3) is 0.312. The van der Waals surface area contributed by atoms with Crippen molar-refractivity contribution >= 4 is 5.82 Å². The van der Waals surface area contributed by atoms with Crippen molar-refractivity contribution < 1.29 is 13.9 Å². The standard InChI is InChI=1S/C16H17FN2O2/c1-20-15-3-2-12(10-14(15)17)13-4-5-18-16(11-13)19-6-8-21-9-7-19/h2-5,10-11H,6-9H2,1H3. The SMILES string of the molecule is COc1ccc(-c2ccnc(N3CCOCC3)c2)cc1F. The zero-order valence-electron chi connectivity index (χ0n) is 11.9. The van der Waals surface area contributed by atoms with E-state index in [1.807, 2.05) is 18.2 Å². The number of aromatic nitrogens is 1. The third-order valence-electron chi connectivity index (χ3n) is 3.57. The lowest BCUT2D eigenvalue weighted by molar-refractivity contribution is 0.122. The van der Waals surface area contributed by atoms with Crippen LogP contribution in [0.25, 0.3) is 11.1 Å². The number of ether oxygens (including phenoxy) is 2. The van der Waals surface area contributed by atoms with Gasteiger partial charge in [0.25, 0.3) is 0 Å². The normalized spacial score (nSPS) is 15.0. The van der Waals surface area contributed by atoms with Gasteiger partial charge in [-0.2, -0.15) is 0 Å². The Hall–Kier alpha value is -2.14. The maximum atomic E-state index is 13.8. The molecule has 1 aromatic heterocycles. The summed E-state index contributed by atoms with van der Waals surface area (Å²) in [6.07, 6.45) is 1.75. The molecule has 0 unspecified atom stereocenters. The highest BCUT2D eigenvalue weighted by Crippen LogP contribution is 2.27. The lowest BCUT2D eigenvalue weighted by Crippen LogP contribution is -2.36. The van der Waals surface area contributed by atoms with Gasteiger partial charge in [-0.25, -0.2) is 9.37 Å². The van der Waals surface area contributed by atoms with Crippen molar-refractivity contribution in [2.45, 2.75) is 0 Å². The predicted octanol–water partition coefficient (Wildman–Crippen LogP) is 2.73. The first-order chi connectivity index (χ1) is 10.3. The number of benzene rings is 1. The molecular weight excluding hydrogens is 271 g/mol. The van der Waals surface area contributed by atoms with Crippen LogP contribution >= 0.6 is 0 Å². The van der Waals surface area contributed by atoms with E-state index in [4.69, 9.17) is 9.47 Å². The van der Waals surface area contributed by atoms with E-state index in [0.29, 0.717) is 13.2 Å². The maximum absolute atomic E-state index is 13.8. The second-order valence-corrected chi connectivity index (χ2v) is 4.85. The monoisotopic (exact) mass is 288 g/mol. The Bertz CT molecular complexity index is 627. The number of anilines is 1. The van der Waals surface area contributed by atoms with Crippen LogP contribution in [-0.2, 0) is 4.74 Å². The Morgan fingerprint density at radius 2 is 1.90 bits per heavy atom. The highest BCUT2D eigenvalue weighted by atomic mass is 19.1. The van der Waals surface area contributed by atoms with Gasteiger partial charge in [0.05, 0.1) is 20.3 Å². The van der Waals surface area contributed by atoms with Gasteiger partial charge < -0.3 is 14.4 Å². The summed E-state index contributed by atoms with van der Waals surface area (Å²) in [6, 6.07) is 8.83. The molecule has 0 amide bonds. The molecule has 1 saturated heterocycles. The van der Waals surface area contributed by atoms with Crippen molar-refractivity contribution in [3.8, 4) is 16.9 Å². The van der Waals surface area contributed by atoms with Crippen LogP contribution < -0.4 is 9.64 Å². The molecule has 1 aliphatic heterocycles. The van der Waals surface area contributed by atoms with Gasteiger partial charge in [0.15, 0.2) is 11.6 Å². The molecule has 110 valence electrons. The lowest BCUT2D eigenvalue weighted by Gasteiger charge is -2.28. The average molecular weight is 288 g/mol. The average Bonchev–Trinajstić information content (AvgIpc) is 2.56. The molecule has 0 radical (unpaired) electrons. The summed E-state index contributed by atoms with van der Waals surface area (Å²) in [5.41, 5.74) is 1.75. The van der Waals surface area contributed by atoms with Crippen molar-refractivity contribution in [1.82, 2.24) is 4.98 Å². The third kappa shape index (κ3) is 2.97. The molecule has 1 fully saturated rings. The second-order valence-electron chi connectivity index (χ2n) is 4.85. The molecule has 0 saturated carbocycles. The van der Waals surface area contributed by atoms with E-state index in [-0.39, 0.29) is 11.6 Å². The minimum atomic E-state index is -0.361. The Balaban J connectivity index is 1.90. The molecule has 4 nitrogen and oxygen atoms in total. The number of halogens is 1. The highest BCUT2D eigenvalue weighted by Gasteiger charge is 2.13. The Kier molecular flexibility index (Phi) is 4.01. The number of morpholine rings is 1. The van der Waals surface area contributed by atoms with E-state index in [9.17, 15) is 4.39 Å². The van der Waals surface area contributed by atoms with Crippen molar-refractivity contribution in [2.75, 3.05) is 38.3 Å². The van der Waals surface area contributed by atoms with Gasteiger partial charge in [0.1, 0.15) is 5.82 Å². The zero-order chi connectivity index (χ0) is 14.7. The summed E-state index contributed by atoms with van der Waals surface area (Å²) in [7, 11) is 1.46. The molecular formula is C16H17FN2O2. The van der Waals surface area contributed by atoms with Crippen LogP contribution in [0.1, 0.15) is 0 Å². The highest BCUT2D eigenvalue weighted by molar-refractivity contribution is 5.67. The largest absolute Gasteiger partial charge is 0.494 e. The quantitative estimate of drug-likeness (QED) is 0.870. The summed E-state index contributed by atoms with van der Waals surface area (Å²) in [5.74, 6) is 0.785. The number of pyridine rings is 1. The molecule has 2 aromatic rings. The zero-order valence-corrected chi connectivity index (χ0v) is 11.9. The number of nitrogens with zero attached hydrogens (tertiary/aromatic N) is 2. The first-order valence-electron chi connectivity index (χ1n) is 6.90. The van der Waals surface area contributed by atoms with Crippen LogP contribution in [0.4, 0.5) is 10.2 Å². The van der Waals surface area contributed by atoms with Crippen LogP contribution in [0.5, 0.6) is 5.75 Å². The Morgan fingerprint density at radius 1 is 1.14 bits per heavy atom. The van der Waals surface area contributed by atoms with Gasteiger partial charge in [0.2, 0.25) is 0 Å². The molecule has 1 aromatic carbocycles. The van der Waals surface area contributed by atoms with Crippen LogP contribution in [0, 0.1) is 5.82 Å². The van der Waals surface area contributed by atoms with Crippen molar-refractivity contribution in [2.24, 2.45) is 0 Å². The molecule has 21 heavy (non-hydrogen) atoms. The van der Waals surface area contributed by atoms with Gasteiger partial charge in [-0.1, -0.05) is 6.07 Å². The van der Waals surface area contributed by atoms with Gasteiger partial charge in [0, 0.05) is 19.3 Å². The minimum absolute atomic E-state index is 0.251. The molecule has 5 heteroatoms. The summed E-state index contributed by atoms with van der Waals surface area (Å²) < 4.78 is 24.1. The number of hydrogen-bond acceptors (Lipinski definition) is 4. The topological polar surface area (TPSA) is 34.6 Å². The van der Waals surface area contributed by atoms with E-state index >= 15 is 0 Å². The number of methoxy groups -OCH3 is 1. The van der Waals surface area contributed by atoms with Gasteiger partial charge >= 0.3 is 0 Å². The maximum Gasteiger partial charge on any atom is 0.165 e. The summed E-state index contributed by atoms with van der Waals surface area (Å²) >= 11 is 0. The minimum Gasteiger partial charge on any atom is -0.494 e. The van der Waals surface area contributed by atoms with Crippen LogP contribution in [-0.4, -0.2) is 38.4 Å². The van der Waals surface area contributed by atoms with Crippen LogP contribution in [0.15, 0.2) is 36.5 Å². The summed E-state index contributed by atoms with van der Waals surface area (Å²) in [6.45, 7) is 3.08. The van der Waals surface area contributed by atoms with Crippen molar-refractivity contribution in [3.63, 3.8) is 0 Å². The van der Waals surface area contributed by atoms with Crippen LogP contribution in [0.2, 0.25) is 0 Å². The predicted molar refractivity (Wildman–Crippen MR) is 79.2 cm³/mol. The molecule has 0 spiro atoms. The van der Waals surface area contributed by atoms with Crippen molar-refractivity contribution in [1.29, 1.82) is 0 Å². The Morgan fingerprint density at radius 3 is 2.62 bits per heavy atom. The molecule has 1 aliphatic rings. The first-order valence-corrected chi connectivity index (χ1v) is 6.90. The van der Waals surface area contributed by atoms with E-state index < -0.39 is 0 Å². The smallest absolute Gasteiger partial charge is 0.165 e. The Labute approximate surface area is 123 Å². The molecule has 3 rings (SSSR count). The fourth-order valence-electron chi connectivity index (χ4n) is 2.41.